The lowest BCUT2D eigenvalue weighted by molar-refractivity contribution is -0.142. The van der Waals surface area contributed by atoms with E-state index in [1.54, 1.807) is 4.90 Å². The van der Waals surface area contributed by atoms with Gasteiger partial charge in [-0.15, -0.1) is 0 Å². The van der Waals surface area contributed by atoms with Crippen LogP contribution in [0.5, 0.6) is 0 Å². The largest absolute Gasteiger partial charge is 0.481 e. The number of rotatable bonds is 4. The molecule has 126 valence electrons. The van der Waals surface area contributed by atoms with Gasteiger partial charge < -0.3 is 14.5 Å². The zero-order valence-electron chi connectivity index (χ0n) is 13.7. The first-order valence-electron chi connectivity index (χ1n) is 8.09. The fourth-order valence-electron chi connectivity index (χ4n) is 3.19. The minimum atomic E-state index is -0.859. The SMILES string of the molecule is CCc1onc(-c2ccccc2)c1C(=O)N1C[C@@H](C)[C@H](C(=O)O)C1. The van der Waals surface area contributed by atoms with Crippen LogP contribution < -0.4 is 0 Å². The molecule has 2 heterocycles. The Bertz CT molecular complexity index is 754. The Morgan fingerprint density at radius 3 is 2.58 bits per heavy atom. The number of aromatic nitrogens is 1. The van der Waals surface area contributed by atoms with Gasteiger partial charge in [0.05, 0.1) is 5.92 Å². The van der Waals surface area contributed by atoms with E-state index in [4.69, 9.17) is 4.52 Å². The number of carboxylic acid groups (broad SMARTS) is 1. The second-order valence-electron chi connectivity index (χ2n) is 6.18. The molecule has 2 aromatic rings. The Morgan fingerprint density at radius 2 is 2.00 bits per heavy atom. The molecule has 0 unspecified atom stereocenters. The Hall–Kier alpha value is -2.63. The summed E-state index contributed by atoms with van der Waals surface area (Å²) in [5.41, 5.74) is 1.78. The van der Waals surface area contributed by atoms with Crippen LogP contribution >= 0.6 is 0 Å². The van der Waals surface area contributed by atoms with Crippen LogP contribution in [-0.4, -0.2) is 40.1 Å². The van der Waals surface area contributed by atoms with Crippen molar-refractivity contribution >= 4 is 11.9 Å². The number of aryl methyl sites for hydroxylation is 1. The lowest BCUT2D eigenvalue weighted by Gasteiger charge is -2.16. The molecule has 1 fully saturated rings. The number of likely N-dealkylation sites (tertiary alicyclic amines) is 1. The van der Waals surface area contributed by atoms with Gasteiger partial charge in [-0.2, -0.15) is 0 Å². The number of aliphatic carboxylic acids is 1. The number of carboxylic acids is 1. The predicted molar refractivity (Wildman–Crippen MR) is 87.5 cm³/mol. The molecule has 6 heteroatoms. The van der Waals surface area contributed by atoms with Crippen molar-refractivity contribution in [3.63, 3.8) is 0 Å². The fraction of sp³-hybridized carbons (Fsp3) is 0.389. The average Bonchev–Trinajstić information content (AvgIpc) is 3.18. The van der Waals surface area contributed by atoms with Crippen molar-refractivity contribution in [1.82, 2.24) is 10.1 Å². The molecule has 2 atom stereocenters. The number of hydrogen-bond acceptors (Lipinski definition) is 4. The Morgan fingerprint density at radius 1 is 1.29 bits per heavy atom. The monoisotopic (exact) mass is 328 g/mol. The van der Waals surface area contributed by atoms with Crippen molar-refractivity contribution in [1.29, 1.82) is 0 Å². The molecule has 1 aromatic heterocycles. The van der Waals surface area contributed by atoms with E-state index in [9.17, 15) is 14.7 Å². The van der Waals surface area contributed by atoms with Crippen LogP contribution in [0.4, 0.5) is 0 Å². The summed E-state index contributed by atoms with van der Waals surface area (Å²) in [7, 11) is 0. The molecule has 6 nitrogen and oxygen atoms in total. The molecule has 0 aliphatic carbocycles. The summed E-state index contributed by atoms with van der Waals surface area (Å²) in [6.07, 6.45) is 0.548. The molecule has 1 N–H and O–H groups in total. The van der Waals surface area contributed by atoms with E-state index >= 15 is 0 Å². The number of carbonyl (C=O) groups excluding carboxylic acids is 1. The maximum atomic E-state index is 13.0. The zero-order chi connectivity index (χ0) is 17.3. The normalized spacial score (nSPS) is 20.3. The van der Waals surface area contributed by atoms with Gasteiger partial charge in [0, 0.05) is 25.1 Å². The Balaban J connectivity index is 1.96. The number of benzene rings is 1. The molecule has 0 radical (unpaired) electrons. The van der Waals surface area contributed by atoms with E-state index in [0.29, 0.717) is 30.0 Å². The van der Waals surface area contributed by atoms with E-state index in [-0.39, 0.29) is 18.4 Å². The van der Waals surface area contributed by atoms with Crippen LogP contribution in [0.15, 0.2) is 34.9 Å². The maximum Gasteiger partial charge on any atom is 0.308 e. The van der Waals surface area contributed by atoms with Gasteiger partial charge in [-0.1, -0.05) is 49.3 Å². The predicted octanol–water partition coefficient (Wildman–Crippen LogP) is 2.70. The minimum Gasteiger partial charge on any atom is -0.481 e. The second kappa shape index (κ2) is 6.47. The number of hydrogen-bond donors (Lipinski definition) is 1. The highest BCUT2D eigenvalue weighted by molar-refractivity contribution is 6.01. The van der Waals surface area contributed by atoms with Crippen LogP contribution in [-0.2, 0) is 11.2 Å². The van der Waals surface area contributed by atoms with Crippen LogP contribution in [0.3, 0.4) is 0 Å². The highest BCUT2D eigenvalue weighted by atomic mass is 16.5. The summed E-state index contributed by atoms with van der Waals surface area (Å²) in [6.45, 7) is 4.41. The third kappa shape index (κ3) is 2.79. The van der Waals surface area contributed by atoms with Crippen molar-refractivity contribution < 1.29 is 19.2 Å². The van der Waals surface area contributed by atoms with E-state index < -0.39 is 11.9 Å². The van der Waals surface area contributed by atoms with Crippen molar-refractivity contribution in [3.05, 3.63) is 41.7 Å². The number of carbonyl (C=O) groups is 2. The third-order valence-electron chi connectivity index (χ3n) is 4.56. The van der Waals surface area contributed by atoms with Crippen LogP contribution in [0.25, 0.3) is 11.3 Å². The lowest BCUT2D eigenvalue weighted by Crippen LogP contribution is -2.30. The molecule has 1 aromatic carbocycles. The zero-order valence-corrected chi connectivity index (χ0v) is 13.7. The van der Waals surface area contributed by atoms with Gasteiger partial charge in [0.2, 0.25) is 0 Å². The molecule has 0 bridgehead atoms. The van der Waals surface area contributed by atoms with Gasteiger partial charge >= 0.3 is 5.97 Å². The molecule has 24 heavy (non-hydrogen) atoms. The standard InChI is InChI=1S/C18H20N2O4/c1-3-14-15(16(19-24-14)12-7-5-4-6-8-12)17(21)20-9-11(2)13(10-20)18(22)23/h4-8,11,13H,3,9-10H2,1-2H3,(H,22,23)/t11-,13-/m1/s1. The first-order valence-corrected chi connectivity index (χ1v) is 8.09. The van der Waals surface area contributed by atoms with E-state index in [2.05, 4.69) is 5.16 Å². The van der Waals surface area contributed by atoms with Gasteiger partial charge in [-0.25, -0.2) is 0 Å². The highest BCUT2D eigenvalue weighted by Gasteiger charge is 2.39. The molecule has 3 rings (SSSR count). The topological polar surface area (TPSA) is 83.6 Å². The van der Waals surface area contributed by atoms with Crippen molar-refractivity contribution in [2.75, 3.05) is 13.1 Å². The van der Waals surface area contributed by atoms with Crippen LogP contribution in [0.2, 0.25) is 0 Å². The van der Waals surface area contributed by atoms with Crippen LogP contribution in [0.1, 0.15) is 30.0 Å². The lowest BCUT2D eigenvalue weighted by atomic mass is 9.99. The molecule has 1 saturated heterocycles. The molecule has 1 amide bonds. The van der Waals surface area contributed by atoms with Gasteiger partial charge in [0.25, 0.3) is 5.91 Å². The second-order valence-corrected chi connectivity index (χ2v) is 6.18. The quantitative estimate of drug-likeness (QED) is 0.933. The molecule has 0 spiro atoms. The third-order valence-corrected chi connectivity index (χ3v) is 4.56. The molecular formula is C18H20N2O4. The number of nitrogens with zero attached hydrogens (tertiary/aromatic N) is 2. The minimum absolute atomic E-state index is 0.0726. The first kappa shape index (κ1) is 16.2. The van der Waals surface area contributed by atoms with E-state index in [0.717, 1.165) is 5.56 Å². The Kier molecular flexibility index (Phi) is 4.38. The number of amides is 1. The van der Waals surface area contributed by atoms with Crippen LogP contribution in [0, 0.1) is 11.8 Å². The summed E-state index contributed by atoms with van der Waals surface area (Å²) in [4.78, 5) is 25.9. The van der Waals surface area contributed by atoms with Crippen molar-refractivity contribution in [2.24, 2.45) is 11.8 Å². The first-order chi connectivity index (χ1) is 11.5. The Labute approximate surface area is 140 Å². The van der Waals surface area contributed by atoms with Gasteiger partial charge in [-0.05, 0) is 5.92 Å². The van der Waals surface area contributed by atoms with E-state index in [1.807, 2.05) is 44.2 Å². The maximum absolute atomic E-state index is 13.0. The molecule has 1 aliphatic heterocycles. The summed E-state index contributed by atoms with van der Waals surface area (Å²) in [5.74, 6) is -1.13. The summed E-state index contributed by atoms with van der Waals surface area (Å²) in [5, 5.41) is 13.4. The van der Waals surface area contributed by atoms with Crippen molar-refractivity contribution in [3.8, 4) is 11.3 Å². The molecule has 0 saturated carbocycles. The fourth-order valence-corrected chi connectivity index (χ4v) is 3.19. The molecule has 1 aliphatic rings. The summed E-state index contributed by atoms with van der Waals surface area (Å²) >= 11 is 0. The molecular weight excluding hydrogens is 308 g/mol. The van der Waals surface area contributed by atoms with Crippen molar-refractivity contribution in [2.45, 2.75) is 20.3 Å². The van der Waals surface area contributed by atoms with Gasteiger partial charge in [0.15, 0.2) is 0 Å². The summed E-state index contributed by atoms with van der Waals surface area (Å²) in [6, 6.07) is 9.40. The highest BCUT2D eigenvalue weighted by Crippen LogP contribution is 2.30. The smallest absolute Gasteiger partial charge is 0.308 e. The van der Waals surface area contributed by atoms with Gasteiger partial charge in [0.1, 0.15) is 17.0 Å². The summed E-state index contributed by atoms with van der Waals surface area (Å²) < 4.78 is 5.37. The average molecular weight is 328 g/mol. The van der Waals surface area contributed by atoms with Gasteiger partial charge in [-0.3, -0.25) is 9.59 Å². The van der Waals surface area contributed by atoms with E-state index in [1.165, 1.54) is 0 Å².